The lowest BCUT2D eigenvalue weighted by molar-refractivity contribution is 0.0780. The van der Waals surface area contributed by atoms with E-state index in [2.05, 4.69) is 55.7 Å². The Morgan fingerprint density at radius 2 is 1.57 bits per heavy atom. The summed E-state index contributed by atoms with van der Waals surface area (Å²) in [7, 11) is 4.76. The number of ether oxygens (including phenoxy) is 5. The fraction of sp³-hybridized carbons (Fsp3) is 0.380. The van der Waals surface area contributed by atoms with Crippen LogP contribution in [0.3, 0.4) is 0 Å². The number of fused-ring (bicyclic) bond motifs is 1. The summed E-state index contributed by atoms with van der Waals surface area (Å²) in [6.07, 6.45) is 8.55. The second kappa shape index (κ2) is 21.9. The Balaban J connectivity index is 0.00000260. The summed E-state index contributed by atoms with van der Waals surface area (Å²) in [6.45, 7) is 14.9. The van der Waals surface area contributed by atoms with E-state index in [1.54, 1.807) is 45.7 Å². The Bertz CT molecular complexity index is 2220. The molecule has 4 aromatic rings. The van der Waals surface area contributed by atoms with Crippen molar-refractivity contribution in [2.24, 2.45) is 4.99 Å². The summed E-state index contributed by atoms with van der Waals surface area (Å²) in [6, 6.07) is 23.4. The van der Waals surface area contributed by atoms with Gasteiger partial charge >= 0.3 is 0 Å². The van der Waals surface area contributed by atoms with Crippen molar-refractivity contribution in [3.05, 3.63) is 113 Å². The molecular formula is C50H66N4O7. The van der Waals surface area contributed by atoms with Crippen molar-refractivity contribution in [2.45, 2.75) is 92.3 Å². The number of anilines is 1. The number of aliphatic imine (C=N–C) groups is 1. The zero-order chi connectivity index (χ0) is 44.1. The van der Waals surface area contributed by atoms with Crippen molar-refractivity contribution in [1.29, 1.82) is 0 Å². The van der Waals surface area contributed by atoms with Gasteiger partial charge in [-0.3, -0.25) is 14.6 Å². The van der Waals surface area contributed by atoms with Crippen LogP contribution in [0.1, 0.15) is 107 Å². The van der Waals surface area contributed by atoms with E-state index in [0.717, 1.165) is 52.1 Å². The predicted octanol–water partition coefficient (Wildman–Crippen LogP) is 11.2. The molecule has 2 amide bonds. The number of rotatable bonds is 17. The lowest BCUT2D eigenvalue weighted by Crippen LogP contribution is -2.35. The molecule has 0 saturated heterocycles. The topological polar surface area (TPSA) is 120 Å². The number of aryl methyl sites for hydroxylation is 1. The first kappa shape index (κ1) is 45.8. The minimum absolute atomic E-state index is 0. The highest BCUT2D eigenvalue weighted by Gasteiger charge is 2.31. The first-order valence-electron chi connectivity index (χ1n) is 21.3. The van der Waals surface area contributed by atoms with Crippen LogP contribution in [-0.2, 0) is 0 Å². The number of hydrogen-bond donors (Lipinski definition) is 2. The first-order chi connectivity index (χ1) is 29.5. The van der Waals surface area contributed by atoms with Crippen LogP contribution in [-0.4, -0.2) is 75.6 Å². The molecule has 2 atom stereocenters. The minimum Gasteiger partial charge on any atom is -0.497 e. The van der Waals surface area contributed by atoms with Gasteiger partial charge in [-0.1, -0.05) is 51.1 Å². The zero-order valence-electron chi connectivity index (χ0n) is 37.4. The second-order valence-electron chi connectivity index (χ2n) is 15.0. The van der Waals surface area contributed by atoms with Gasteiger partial charge in [0.2, 0.25) is 0 Å². The van der Waals surface area contributed by atoms with Crippen LogP contribution in [0.25, 0.3) is 11.1 Å². The molecule has 0 fully saturated rings. The Morgan fingerprint density at radius 3 is 2.18 bits per heavy atom. The third-order valence-corrected chi connectivity index (χ3v) is 10.6. The summed E-state index contributed by atoms with van der Waals surface area (Å²) < 4.78 is 28.9. The van der Waals surface area contributed by atoms with E-state index in [9.17, 15) is 9.59 Å². The van der Waals surface area contributed by atoms with Gasteiger partial charge in [0.15, 0.2) is 23.0 Å². The van der Waals surface area contributed by atoms with Crippen molar-refractivity contribution >= 4 is 40.5 Å². The zero-order valence-corrected chi connectivity index (χ0v) is 37.4. The molecule has 11 heteroatoms. The fourth-order valence-corrected chi connectivity index (χ4v) is 7.39. The van der Waals surface area contributed by atoms with Crippen molar-refractivity contribution in [3.8, 4) is 28.7 Å². The van der Waals surface area contributed by atoms with Gasteiger partial charge in [-0.15, -0.1) is 0 Å². The molecule has 6 rings (SSSR count). The monoisotopic (exact) mass is 834 g/mol. The summed E-state index contributed by atoms with van der Waals surface area (Å²) in [5, 5.41) is 6.52. The maximum atomic E-state index is 14.0. The number of nitrogens with zero attached hydrogens (tertiary/aromatic N) is 2. The standard InChI is InChI=1S/C48H56N4O7.C2H6.2H2/c1-9-32(33-14-18-39(55-6)19-15-33)23-37-28-49-42-27-46(44(57-8)26-41(42)47(53)51-37)59-21-11-20-58-45-22-31(5)40(25-43(45)56-7)48(54)52-29-35(24-38(52)10-2)34-12-16-36(17-13-34)50-30(3)4;1-2;;/h9,12-19,22,25-30,37-38,50H,10-11,20-21,23-24H2,1-8H3,(H,51,53);1-2H3;2*1H/b32-9+;;;/t37?,38-;;;/m0.../s1. The van der Waals surface area contributed by atoms with Crippen LogP contribution in [0, 0.1) is 6.92 Å². The van der Waals surface area contributed by atoms with E-state index in [0.29, 0.717) is 71.9 Å². The van der Waals surface area contributed by atoms with E-state index in [-0.39, 0.29) is 26.8 Å². The van der Waals surface area contributed by atoms with Gasteiger partial charge in [-0.2, -0.15) is 0 Å². The van der Waals surface area contributed by atoms with E-state index in [1.165, 1.54) is 0 Å². The van der Waals surface area contributed by atoms with Gasteiger partial charge in [-0.05, 0) is 117 Å². The van der Waals surface area contributed by atoms with Gasteiger partial charge in [0.1, 0.15) is 5.75 Å². The summed E-state index contributed by atoms with van der Waals surface area (Å²) in [4.78, 5) is 34.0. The van der Waals surface area contributed by atoms with Gasteiger partial charge in [0, 0.05) is 51.1 Å². The maximum absolute atomic E-state index is 14.0. The average molecular weight is 835 g/mol. The number of carbonyl (C=O) groups is 2. The molecule has 0 saturated carbocycles. The van der Waals surface area contributed by atoms with Gasteiger partial charge in [-0.25, -0.2) is 0 Å². The average Bonchev–Trinajstić information content (AvgIpc) is 3.65. The lowest BCUT2D eigenvalue weighted by atomic mass is 9.98. The summed E-state index contributed by atoms with van der Waals surface area (Å²) >= 11 is 0. The molecule has 0 spiro atoms. The number of methoxy groups -OCH3 is 3. The molecule has 328 valence electrons. The largest absolute Gasteiger partial charge is 0.497 e. The normalized spacial score (nSPS) is 15.8. The summed E-state index contributed by atoms with van der Waals surface area (Å²) in [5.41, 5.74) is 7.73. The highest BCUT2D eigenvalue weighted by Crippen LogP contribution is 2.38. The minimum atomic E-state index is -0.317. The van der Waals surface area contributed by atoms with E-state index in [1.807, 2.05) is 75.2 Å². The van der Waals surface area contributed by atoms with Crippen molar-refractivity contribution in [1.82, 2.24) is 10.2 Å². The number of hydrogen-bond acceptors (Lipinski definition) is 9. The van der Waals surface area contributed by atoms with Gasteiger partial charge in [0.05, 0.1) is 51.8 Å². The number of nitrogens with one attached hydrogen (secondary N) is 2. The molecule has 61 heavy (non-hydrogen) atoms. The van der Waals surface area contributed by atoms with E-state index >= 15 is 0 Å². The van der Waals surface area contributed by atoms with Crippen LogP contribution in [0.5, 0.6) is 28.7 Å². The van der Waals surface area contributed by atoms with Gasteiger partial charge in [0.25, 0.3) is 11.8 Å². The Hall–Kier alpha value is -6.23. The number of carbonyl (C=O) groups excluding carboxylic acids is 2. The molecule has 2 N–H and O–H groups in total. The SMILES string of the molecule is C/C=C(\CC1C=Nc2cc(OCCCOc3cc(C)c(C(=O)N4C=C(c5ccc(NC(C)C)cc5)C[C@@H]4CC)cc3OC)c(OC)cc2C(=O)N1)c1ccc(OC)cc1.CC.[HH].[HH]. The van der Waals surface area contributed by atoms with Crippen LogP contribution in [0.15, 0.2) is 90.1 Å². The molecular weight excluding hydrogens is 769 g/mol. The van der Waals surface area contributed by atoms with Crippen molar-refractivity contribution in [3.63, 3.8) is 0 Å². The summed E-state index contributed by atoms with van der Waals surface area (Å²) in [5.74, 6) is 2.41. The molecule has 0 aliphatic carbocycles. The van der Waals surface area contributed by atoms with E-state index < -0.39 is 0 Å². The number of benzene rings is 4. The predicted molar refractivity (Wildman–Crippen MR) is 251 cm³/mol. The van der Waals surface area contributed by atoms with Crippen LogP contribution >= 0.6 is 0 Å². The van der Waals surface area contributed by atoms with Crippen molar-refractivity contribution < 1.29 is 36.1 Å². The quantitative estimate of drug-likeness (QED) is 0.101. The third-order valence-electron chi connectivity index (χ3n) is 10.6. The van der Waals surface area contributed by atoms with Crippen molar-refractivity contribution in [2.75, 3.05) is 39.9 Å². The molecule has 2 heterocycles. The molecule has 11 nitrogen and oxygen atoms in total. The fourth-order valence-electron chi connectivity index (χ4n) is 7.39. The molecule has 1 unspecified atom stereocenters. The molecule has 2 aliphatic heterocycles. The molecule has 0 bridgehead atoms. The number of allylic oxidation sites excluding steroid dienone is 1. The Labute approximate surface area is 364 Å². The maximum Gasteiger partial charge on any atom is 0.258 e. The molecule has 4 aromatic carbocycles. The Kier molecular flexibility index (Phi) is 16.4. The lowest BCUT2D eigenvalue weighted by Gasteiger charge is -2.24. The molecule has 0 radical (unpaired) electrons. The number of amides is 2. The third kappa shape index (κ3) is 11.3. The van der Waals surface area contributed by atoms with Crippen LogP contribution in [0.2, 0.25) is 0 Å². The van der Waals surface area contributed by atoms with E-state index in [4.69, 9.17) is 28.7 Å². The second-order valence-corrected chi connectivity index (χ2v) is 15.0. The van der Waals surface area contributed by atoms with Crippen LogP contribution < -0.4 is 34.3 Å². The smallest absolute Gasteiger partial charge is 0.258 e. The highest BCUT2D eigenvalue weighted by molar-refractivity contribution is 6.03. The van der Waals surface area contributed by atoms with Gasteiger partial charge < -0.3 is 39.2 Å². The molecule has 2 aliphatic rings. The Morgan fingerprint density at radius 1 is 0.918 bits per heavy atom. The molecule has 0 aromatic heterocycles. The first-order valence-corrected chi connectivity index (χ1v) is 21.3. The van der Waals surface area contributed by atoms with Crippen LogP contribution in [0.4, 0.5) is 11.4 Å². The highest BCUT2D eigenvalue weighted by atomic mass is 16.5.